The molecule has 3 aliphatic rings. The Kier molecular flexibility index (Phi) is 7.42. The predicted octanol–water partition coefficient (Wildman–Crippen LogP) is 4.88. The van der Waals surface area contributed by atoms with E-state index in [-0.39, 0.29) is 30.4 Å². The quantitative estimate of drug-likeness (QED) is 0.430. The first-order valence-corrected chi connectivity index (χ1v) is 14.3. The second-order valence-corrected chi connectivity index (χ2v) is 11.1. The molecule has 0 radical (unpaired) electrons. The highest BCUT2D eigenvalue weighted by Crippen LogP contribution is 2.41. The summed E-state index contributed by atoms with van der Waals surface area (Å²) in [5.41, 5.74) is 4.69. The zero-order valence-electron chi connectivity index (χ0n) is 22.7. The van der Waals surface area contributed by atoms with E-state index in [9.17, 15) is 9.59 Å². The van der Waals surface area contributed by atoms with Crippen molar-refractivity contribution in [2.24, 2.45) is 5.92 Å². The van der Waals surface area contributed by atoms with Crippen LogP contribution in [0.2, 0.25) is 0 Å². The Labute approximate surface area is 230 Å². The Bertz CT molecular complexity index is 1320. The smallest absolute Gasteiger partial charge is 0.287 e. The third-order valence-electron chi connectivity index (χ3n) is 8.13. The van der Waals surface area contributed by atoms with Crippen LogP contribution in [0.1, 0.15) is 70.3 Å². The summed E-state index contributed by atoms with van der Waals surface area (Å²) < 4.78 is 11.9. The standard InChI is InChI=1S/C32H37N3O4/c1-22-4-6-24(7-5-22)30-28-20-26(11-10-23(28)14-18-35(30)32(37)25-8-9-25)38-21-27-12-13-29(39-27)31(36)33-15-19-34-16-2-3-17-34/h4-7,10-13,20,25,30H,2-3,8-9,14-19,21H2,1H3,(H,33,36)/t30-/m1/s1. The molecule has 0 bridgehead atoms. The van der Waals surface area contributed by atoms with Gasteiger partial charge in [-0.3, -0.25) is 9.59 Å². The van der Waals surface area contributed by atoms with E-state index in [1.165, 1.54) is 24.0 Å². The summed E-state index contributed by atoms with van der Waals surface area (Å²) in [6, 6.07) is 18.0. The van der Waals surface area contributed by atoms with E-state index >= 15 is 0 Å². The molecule has 0 spiro atoms. The number of rotatable bonds is 9. The molecule has 2 aromatic carbocycles. The van der Waals surface area contributed by atoms with Gasteiger partial charge in [-0.15, -0.1) is 0 Å². The minimum Gasteiger partial charge on any atom is -0.486 e. The first kappa shape index (κ1) is 25.7. The van der Waals surface area contributed by atoms with Crippen molar-refractivity contribution in [1.29, 1.82) is 0 Å². The second kappa shape index (κ2) is 11.3. The van der Waals surface area contributed by atoms with Gasteiger partial charge in [0.15, 0.2) is 5.76 Å². The fraction of sp³-hybridized carbons (Fsp3) is 0.438. The first-order chi connectivity index (χ1) is 19.0. The van der Waals surface area contributed by atoms with E-state index < -0.39 is 0 Å². The number of benzene rings is 2. The van der Waals surface area contributed by atoms with E-state index in [4.69, 9.17) is 9.15 Å². The molecule has 2 fully saturated rings. The number of carbonyl (C=O) groups is 2. The highest BCUT2D eigenvalue weighted by Gasteiger charge is 2.39. The molecule has 7 heteroatoms. The lowest BCUT2D eigenvalue weighted by Gasteiger charge is -2.38. The molecule has 3 aromatic rings. The van der Waals surface area contributed by atoms with Gasteiger partial charge in [-0.25, -0.2) is 0 Å². The van der Waals surface area contributed by atoms with Crippen molar-refractivity contribution in [2.75, 3.05) is 32.7 Å². The summed E-state index contributed by atoms with van der Waals surface area (Å²) in [6.07, 6.45) is 5.30. The number of nitrogens with one attached hydrogen (secondary N) is 1. The van der Waals surface area contributed by atoms with Crippen LogP contribution >= 0.6 is 0 Å². The molecule has 39 heavy (non-hydrogen) atoms. The topological polar surface area (TPSA) is 75.0 Å². The molecule has 204 valence electrons. The van der Waals surface area contributed by atoms with Crippen molar-refractivity contribution >= 4 is 11.8 Å². The molecular formula is C32H37N3O4. The second-order valence-electron chi connectivity index (χ2n) is 11.1. The largest absolute Gasteiger partial charge is 0.486 e. The summed E-state index contributed by atoms with van der Waals surface area (Å²) in [7, 11) is 0. The van der Waals surface area contributed by atoms with Crippen molar-refractivity contribution in [2.45, 2.75) is 51.7 Å². The third kappa shape index (κ3) is 5.88. The van der Waals surface area contributed by atoms with Gasteiger partial charge in [0.25, 0.3) is 5.91 Å². The third-order valence-corrected chi connectivity index (χ3v) is 8.13. The van der Waals surface area contributed by atoms with Crippen molar-refractivity contribution in [3.05, 3.63) is 88.4 Å². The van der Waals surface area contributed by atoms with Crippen LogP contribution in [0.5, 0.6) is 5.75 Å². The van der Waals surface area contributed by atoms with Gasteiger partial charge in [0.05, 0.1) is 6.04 Å². The molecule has 3 heterocycles. The van der Waals surface area contributed by atoms with Crippen LogP contribution in [0.4, 0.5) is 0 Å². The predicted molar refractivity (Wildman–Crippen MR) is 149 cm³/mol. The van der Waals surface area contributed by atoms with E-state index in [2.05, 4.69) is 58.4 Å². The van der Waals surface area contributed by atoms with Crippen molar-refractivity contribution in [1.82, 2.24) is 15.1 Å². The highest BCUT2D eigenvalue weighted by molar-refractivity contribution is 5.91. The Hall–Kier alpha value is -3.58. The summed E-state index contributed by atoms with van der Waals surface area (Å²) >= 11 is 0. The summed E-state index contributed by atoms with van der Waals surface area (Å²) in [5.74, 6) is 1.85. The minimum absolute atomic E-state index is 0.120. The fourth-order valence-corrected chi connectivity index (χ4v) is 5.75. The van der Waals surface area contributed by atoms with Gasteiger partial charge in [-0.05, 0) is 93.1 Å². The number of nitrogens with zero attached hydrogens (tertiary/aromatic N) is 2. The first-order valence-electron chi connectivity index (χ1n) is 14.3. The van der Waals surface area contributed by atoms with Gasteiger partial charge in [-0.1, -0.05) is 35.9 Å². The molecule has 1 saturated carbocycles. The molecule has 1 aliphatic carbocycles. The lowest BCUT2D eigenvalue weighted by Crippen LogP contribution is -2.41. The number of likely N-dealkylation sites (tertiary alicyclic amines) is 1. The SMILES string of the molecule is Cc1ccc([C@@H]2c3cc(OCc4ccc(C(=O)NCCN5CCCC5)o4)ccc3CCN2C(=O)C2CC2)cc1. The molecule has 1 saturated heterocycles. The van der Waals surface area contributed by atoms with Crippen molar-refractivity contribution < 1.29 is 18.7 Å². The van der Waals surface area contributed by atoms with Gasteiger partial charge in [0.2, 0.25) is 5.91 Å². The molecule has 1 atom stereocenters. The number of ether oxygens (including phenoxy) is 1. The minimum atomic E-state index is -0.199. The Morgan fingerprint density at radius 3 is 2.56 bits per heavy atom. The maximum Gasteiger partial charge on any atom is 0.287 e. The maximum absolute atomic E-state index is 13.3. The summed E-state index contributed by atoms with van der Waals surface area (Å²) in [6.45, 7) is 6.74. The van der Waals surface area contributed by atoms with Gasteiger partial charge >= 0.3 is 0 Å². The summed E-state index contributed by atoms with van der Waals surface area (Å²) in [5, 5.41) is 2.95. The molecule has 6 rings (SSSR count). The number of amides is 2. The summed E-state index contributed by atoms with van der Waals surface area (Å²) in [4.78, 5) is 30.2. The van der Waals surface area contributed by atoms with Crippen LogP contribution in [0.25, 0.3) is 0 Å². The Balaban J connectivity index is 1.13. The number of hydrogen-bond acceptors (Lipinski definition) is 5. The molecule has 2 aliphatic heterocycles. The molecule has 1 aromatic heterocycles. The number of carbonyl (C=O) groups excluding carboxylic acids is 2. The van der Waals surface area contributed by atoms with E-state index in [0.717, 1.165) is 62.3 Å². The average molecular weight is 528 g/mol. The van der Waals surface area contributed by atoms with E-state index in [1.54, 1.807) is 12.1 Å². The van der Waals surface area contributed by atoms with Crippen LogP contribution in [-0.4, -0.2) is 54.3 Å². The molecular weight excluding hydrogens is 490 g/mol. The fourth-order valence-electron chi connectivity index (χ4n) is 5.75. The lowest BCUT2D eigenvalue weighted by atomic mass is 9.87. The zero-order valence-corrected chi connectivity index (χ0v) is 22.7. The Morgan fingerprint density at radius 2 is 1.79 bits per heavy atom. The van der Waals surface area contributed by atoms with Crippen LogP contribution < -0.4 is 10.1 Å². The van der Waals surface area contributed by atoms with E-state index in [1.807, 2.05) is 6.07 Å². The van der Waals surface area contributed by atoms with Gasteiger partial charge in [0.1, 0.15) is 18.1 Å². The molecule has 2 amide bonds. The maximum atomic E-state index is 13.3. The van der Waals surface area contributed by atoms with Gasteiger partial charge in [0, 0.05) is 25.6 Å². The number of aryl methyl sites for hydroxylation is 1. The zero-order chi connectivity index (χ0) is 26.8. The number of fused-ring (bicyclic) bond motifs is 1. The molecule has 0 unspecified atom stereocenters. The van der Waals surface area contributed by atoms with Crippen LogP contribution in [0, 0.1) is 12.8 Å². The van der Waals surface area contributed by atoms with Gasteiger partial charge in [-0.2, -0.15) is 0 Å². The Morgan fingerprint density at radius 1 is 1.00 bits per heavy atom. The van der Waals surface area contributed by atoms with Crippen molar-refractivity contribution in [3.63, 3.8) is 0 Å². The van der Waals surface area contributed by atoms with Crippen LogP contribution in [-0.2, 0) is 17.8 Å². The highest BCUT2D eigenvalue weighted by atomic mass is 16.5. The lowest BCUT2D eigenvalue weighted by molar-refractivity contribution is -0.134. The molecule has 7 nitrogen and oxygen atoms in total. The van der Waals surface area contributed by atoms with Crippen molar-refractivity contribution in [3.8, 4) is 5.75 Å². The van der Waals surface area contributed by atoms with E-state index in [0.29, 0.717) is 18.1 Å². The number of furan rings is 1. The number of hydrogen-bond donors (Lipinski definition) is 1. The molecule has 1 N–H and O–H groups in total. The average Bonchev–Trinajstić information content (AvgIpc) is 3.46. The van der Waals surface area contributed by atoms with Gasteiger partial charge < -0.3 is 24.3 Å². The monoisotopic (exact) mass is 527 g/mol. The normalized spacial score (nSPS) is 19.1. The van der Waals surface area contributed by atoms with Crippen LogP contribution in [0.3, 0.4) is 0 Å². The van der Waals surface area contributed by atoms with Crippen LogP contribution in [0.15, 0.2) is 59.0 Å².